The molecule has 1 amide bonds. The average molecular weight is 352 g/mol. The Kier molecular flexibility index (Phi) is 5.19. The Morgan fingerprint density at radius 3 is 2.68 bits per heavy atom. The normalized spacial score (nSPS) is 10.7. The zero-order valence-corrected chi connectivity index (χ0v) is 15.3. The van der Waals surface area contributed by atoms with Crippen molar-refractivity contribution < 1.29 is 4.79 Å². The Balaban J connectivity index is 1.59. The highest BCUT2D eigenvalue weighted by atomic mass is 32.2. The largest absolute Gasteiger partial charge is 0.325 e. The SMILES string of the molecule is Cc1cccc(-c2nc(SCC(=O)Nc3ccc(C)cc3C)n[nH]2)c1. The first-order valence-corrected chi connectivity index (χ1v) is 8.99. The van der Waals surface area contributed by atoms with E-state index in [2.05, 4.69) is 20.5 Å². The maximum Gasteiger partial charge on any atom is 0.234 e. The van der Waals surface area contributed by atoms with Gasteiger partial charge < -0.3 is 5.32 Å². The van der Waals surface area contributed by atoms with E-state index in [1.54, 1.807) is 0 Å². The number of aromatic amines is 1. The molecular formula is C19H20N4OS. The van der Waals surface area contributed by atoms with Crippen LogP contribution in [-0.2, 0) is 4.79 Å². The number of hydrogen-bond acceptors (Lipinski definition) is 4. The van der Waals surface area contributed by atoms with E-state index in [4.69, 9.17) is 0 Å². The van der Waals surface area contributed by atoms with E-state index in [1.807, 2.05) is 63.2 Å². The molecule has 25 heavy (non-hydrogen) atoms. The van der Waals surface area contributed by atoms with Crippen molar-refractivity contribution in [3.8, 4) is 11.4 Å². The number of nitrogens with one attached hydrogen (secondary N) is 2. The first-order valence-electron chi connectivity index (χ1n) is 8.00. The molecule has 1 aromatic heterocycles. The van der Waals surface area contributed by atoms with Crippen LogP contribution in [0.4, 0.5) is 5.69 Å². The van der Waals surface area contributed by atoms with Crippen molar-refractivity contribution in [1.82, 2.24) is 15.2 Å². The predicted molar refractivity (Wildman–Crippen MR) is 102 cm³/mol. The van der Waals surface area contributed by atoms with Crippen molar-refractivity contribution in [2.24, 2.45) is 0 Å². The number of anilines is 1. The fourth-order valence-corrected chi connectivity index (χ4v) is 3.10. The number of hydrogen-bond donors (Lipinski definition) is 2. The summed E-state index contributed by atoms with van der Waals surface area (Å²) in [5, 5.41) is 10.6. The molecule has 6 heteroatoms. The molecule has 2 N–H and O–H groups in total. The van der Waals surface area contributed by atoms with Gasteiger partial charge in [0.15, 0.2) is 5.82 Å². The van der Waals surface area contributed by atoms with Gasteiger partial charge in [0.25, 0.3) is 0 Å². The first kappa shape index (κ1) is 17.2. The maximum absolute atomic E-state index is 12.1. The molecule has 0 aliphatic carbocycles. The van der Waals surface area contributed by atoms with Gasteiger partial charge in [0.1, 0.15) is 0 Å². The van der Waals surface area contributed by atoms with Crippen molar-refractivity contribution in [2.45, 2.75) is 25.9 Å². The standard InChI is InChI=1S/C19H20N4OS/c1-12-5-4-6-15(10-12)18-21-19(23-22-18)25-11-17(24)20-16-8-7-13(2)9-14(16)3/h4-10H,11H2,1-3H3,(H,20,24)(H,21,22,23). The van der Waals surface area contributed by atoms with Crippen molar-refractivity contribution in [2.75, 3.05) is 11.1 Å². The Morgan fingerprint density at radius 2 is 1.92 bits per heavy atom. The lowest BCUT2D eigenvalue weighted by Crippen LogP contribution is -2.15. The summed E-state index contributed by atoms with van der Waals surface area (Å²) in [6, 6.07) is 14.0. The van der Waals surface area contributed by atoms with E-state index in [-0.39, 0.29) is 11.7 Å². The number of aryl methyl sites for hydroxylation is 3. The Morgan fingerprint density at radius 1 is 1.12 bits per heavy atom. The number of carbonyl (C=O) groups excluding carboxylic acids is 1. The lowest BCUT2D eigenvalue weighted by Gasteiger charge is -2.08. The van der Waals surface area contributed by atoms with E-state index in [9.17, 15) is 4.79 Å². The highest BCUT2D eigenvalue weighted by Gasteiger charge is 2.10. The number of amides is 1. The molecule has 2 aromatic carbocycles. The number of H-pyrrole nitrogens is 1. The third-order valence-electron chi connectivity index (χ3n) is 3.74. The summed E-state index contributed by atoms with van der Waals surface area (Å²) in [5.74, 6) is 0.901. The number of thioether (sulfide) groups is 1. The zero-order chi connectivity index (χ0) is 17.8. The highest BCUT2D eigenvalue weighted by molar-refractivity contribution is 7.99. The molecular weight excluding hydrogens is 332 g/mol. The second-order valence-electron chi connectivity index (χ2n) is 5.99. The monoisotopic (exact) mass is 352 g/mol. The third kappa shape index (κ3) is 4.48. The fourth-order valence-electron chi connectivity index (χ4n) is 2.50. The van der Waals surface area contributed by atoms with Crippen LogP contribution in [-0.4, -0.2) is 26.8 Å². The number of nitrogens with zero attached hydrogens (tertiary/aromatic N) is 2. The summed E-state index contributed by atoms with van der Waals surface area (Å²) in [7, 11) is 0. The average Bonchev–Trinajstić information content (AvgIpc) is 3.05. The minimum absolute atomic E-state index is 0.0705. The first-order chi connectivity index (χ1) is 12.0. The van der Waals surface area contributed by atoms with Gasteiger partial charge in [-0.05, 0) is 38.5 Å². The Labute approximate surface area is 151 Å². The van der Waals surface area contributed by atoms with Crippen LogP contribution in [0.15, 0.2) is 47.6 Å². The topological polar surface area (TPSA) is 70.7 Å². The highest BCUT2D eigenvalue weighted by Crippen LogP contribution is 2.21. The molecule has 5 nitrogen and oxygen atoms in total. The van der Waals surface area contributed by atoms with Crippen LogP contribution >= 0.6 is 11.8 Å². The van der Waals surface area contributed by atoms with Gasteiger partial charge in [0, 0.05) is 11.3 Å². The second-order valence-corrected chi connectivity index (χ2v) is 6.93. The van der Waals surface area contributed by atoms with Gasteiger partial charge in [0.05, 0.1) is 5.75 Å². The van der Waals surface area contributed by atoms with Crippen LogP contribution in [0.25, 0.3) is 11.4 Å². The molecule has 0 unspecified atom stereocenters. The Bertz CT molecular complexity index is 904. The van der Waals surface area contributed by atoms with E-state index < -0.39 is 0 Å². The molecule has 0 spiro atoms. The molecule has 0 aliphatic heterocycles. The lowest BCUT2D eigenvalue weighted by atomic mass is 10.1. The summed E-state index contributed by atoms with van der Waals surface area (Å²) in [4.78, 5) is 16.6. The van der Waals surface area contributed by atoms with Crippen LogP contribution in [0.3, 0.4) is 0 Å². The van der Waals surface area contributed by atoms with E-state index in [1.165, 1.54) is 17.3 Å². The molecule has 0 radical (unpaired) electrons. The number of benzene rings is 2. The summed E-state index contributed by atoms with van der Waals surface area (Å²) in [6.07, 6.45) is 0. The van der Waals surface area contributed by atoms with E-state index >= 15 is 0 Å². The summed E-state index contributed by atoms with van der Waals surface area (Å²) in [6.45, 7) is 6.05. The van der Waals surface area contributed by atoms with E-state index in [0.29, 0.717) is 11.0 Å². The van der Waals surface area contributed by atoms with Gasteiger partial charge in [-0.15, -0.1) is 5.10 Å². The third-order valence-corrected chi connectivity index (χ3v) is 4.59. The predicted octanol–water partition coefficient (Wildman–Crippen LogP) is 4.13. The van der Waals surface area contributed by atoms with Crippen LogP contribution < -0.4 is 5.32 Å². The van der Waals surface area contributed by atoms with Crippen molar-refractivity contribution in [3.63, 3.8) is 0 Å². The van der Waals surface area contributed by atoms with E-state index in [0.717, 1.165) is 22.4 Å². The van der Waals surface area contributed by atoms with Crippen LogP contribution in [0.5, 0.6) is 0 Å². The smallest absolute Gasteiger partial charge is 0.234 e. The maximum atomic E-state index is 12.1. The summed E-state index contributed by atoms with van der Waals surface area (Å²) in [5.41, 5.74) is 5.22. The molecule has 3 aromatic rings. The van der Waals surface area contributed by atoms with Crippen LogP contribution in [0.1, 0.15) is 16.7 Å². The minimum atomic E-state index is -0.0705. The minimum Gasteiger partial charge on any atom is -0.325 e. The molecule has 0 saturated heterocycles. The van der Waals surface area contributed by atoms with Gasteiger partial charge in [-0.25, -0.2) is 4.98 Å². The van der Waals surface area contributed by atoms with Gasteiger partial charge in [0.2, 0.25) is 11.1 Å². The van der Waals surface area contributed by atoms with Crippen molar-refractivity contribution >= 4 is 23.4 Å². The quantitative estimate of drug-likeness (QED) is 0.678. The van der Waals surface area contributed by atoms with Gasteiger partial charge >= 0.3 is 0 Å². The molecule has 0 bridgehead atoms. The molecule has 128 valence electrons. The van der Waals surface area contributed by atoms with Crippen molar-refractivity contribution in [1.29, 1.82) is 0 Å². The number of rotatable bonds is 5. The molecule has 3 rings (SSSR count). The zero-order valence-electron chi connectivity index (χ0n) is 14.5. The van der Waals surface area contributed by atoms with Gasteiger partial charge in [-0.2, -0.15) is 0 Å². The second kappa shape index (κ2) is 7.53. The number of aromatic nitrogens is 3. The number of carbonyl (C=O) groups is 1. The lowest BCUT2D eigenvalue weighted by molar-refractivity contribution is -0.113. The molecule has 0 aliphatic rings. The van der Waals surface area contributed by atoms with Crippen LogP contribution in [0, 0.1) is 20.8 Å². The molecule has 0 fully saturated rings. The van der Waals surface area contributed by atoms with Gasteiger partial charge in [-0.1, -0.05) is 53.2 Å². The summed E-state index contributed by atoms with van der Waals surface area (Å²) < 4.78 is 0. The molecule has 1 heterocycles. The van der Waals surface area contributed by atoms with Crippen molar-refractivity contribution in [3.05, 3.63) is 59.2 Å². The fraction of sp³-hybridized carbons (Fsp3) is 0.211. The molecule has 0 saturated carbocycles. The van der Waals surface area contributed by atoms with Crippen LogP contribution in [0.2, 0.25) is 0 Å². The summed E-state index contributed by atoms with van der Waals surface area (Å²) >= 11 is 1.31. The Hall–Kier alpha value is -2.60. The van der Waals surface area contributed by atoms with Gasteiger partial charge in [-0.3, -0.25) is 9.89 Å². The molecule has 0 atom stereocenters.